The molecule has 39 heavy (non-hydrogen) atoms. The van der Waals surface area contributed by atoms with Crippen LogP contribution >= 0.6 is 0 Å². The summed E-state index contributed by atoms with van der Waals surface area (Å²) in [6.45, 7) is 5.91. The minimum atomic E-state index is -0.487. The van der Waals surface area contributed by atoms with Crippen molar-refractivity contribution in [2.45, 2.75) is 32.6 Å². The molecular weight excluding hydrogens is 500 g/mol. The molecule has 2 aromatic carbocycles. The van der Waals surface area contributed by atoms with Crippen LogP contribution in [0.3, 0.4) is 0 Å². The summed E-state index contributed by atoms with van der Waals surface area (Å²) >= 11 is 0. The predicted molar refractivity (Wildman–Crippen MR) is 146 cm³/mol. The van der Waals surface area contributed by atoms with Crippen LogP contribution < -0.4 is 9.47 Å². The molecule has 8 nitrogen and oxygen atoms in total. The fourth-order valence-corrected chi connectivity index (χ4v) is 3.36. The van der Waals surface area contributed by atoms with Gasteiger partial charge in [-0.15, -0.1) is 0 Å². The number of rotatable bonds is 13. The maximum absolute atomic E-state index is 12.5. The van der Waals surface area contributed by atoms with Crippen LogP contribution in [0.5, 0.6) is 11.5 Å². The molecule has 8 heteroatoms. The summed E-state index contributed by atoms with van der Waals surface area (Å²) in [5.74, 6) is 0.980. The lowest BCUT2D eigenvalue weighted by Crippen LogP contribution is -2.09. The Hall–Kier alpha value is -4.59. The molecule has 1 aliphatic rings. The SMILES string of the molecule is C=C(C)C(=O)OCCCCOc1ccc(C(=O)OC2=CC=C(OC(=O)/C=C/c3ccc(OC)cc3)CC2)cc1. The van der Waals surface area contributed by atoms with Crippen molar-refractivity contribution >= 4 is 24.0 Å². The van der Waals surface area contributed by atoms with E-state index in [1.165, 1.54) is 6.08 Å². The van der Waals surface area contributed by atoms with Gasteiger partial charge >= 0.3 is 17.9 Å². The first-order valence-corrected chi connectivity index (χ1v) is 12.6. The van der Waals surface area contributed by atoms with Crippen LogP contribution in [0.1, 0.15) is 48.5 Å². The van der Waals surface area contributed by atoms with Crippen LogP contribution in [0, 0.1) is 0 Å². The van der Waals surface area contributed by atoms with Gasteiger partial charge in [0.1, 0.15) is 23.0 Å². The van der Waals surface area contributed by atoms with Crippen molar-refractivity contribution in [2.24, 2.45) is 0 Å². The molecule has 204 valence electrons. The zero-order chi connectivity index (χ0) is 28.0. The van der Waals surface area contributed by atoms with E-state index in [0.717, 1.165) is 11.3 Å². The fourth-order valence-electron chi connectivity index (χ4n) is 3.36. The number of hydrogen-bond donors (Lipinski definition) is 0. The van der Waals surface area contributed by atoms with Crippen LogP contribution in [-0.2, 0) is 23.8 Å². The lowest BCUT2D eigenvalue weighted by Gasteiger charge is -2.14. The number of unbranched alkanes of at least 4 members (excludes halogenated alkanes) is 1. The quantitative estimate of drug-likeness (QED) is 0.135. The van der Waals surface area contributed by atoms with Crippen LogP contribution in [0.4, 0.5) is 0 Å². The molecule has 0 amide bonds. The first-order chi connectivity index (χ1) is 18.8. The van der Waals surface area contributed by atoms with Gasteiger partial charge in [0, 0.05) is 24.5 Å². The van der Waals surface area contributed by atoms with E-state index in [9.17, 15) is 14.4 Å². The third-order valence-corrected chi connectivity index (χ3v) is 5.54. The number of allylic oxidation sites excluding steroid dienone is 4. The number of benzene rings is 2. The molecule has 0 spiro atoms. The van der Waals surface area contributed by atoms with E-state index in [1.54, 1.807) is 56.5 Å². The third-order valence-electron chi connectivity index (χ3n) is 5.54. The predicted octanol–water partition coefficient (Wildman–Crippen LogP) is 5.95. The molecule has 0 fully saturated rings. The van der Waals surface area contributed by atoms with Gasteiger partial charge in [-0.05, 0) is 80.0 Å². The van der Waals surface area contributed by atoms with E-state index in [0.29, 0.717) is 67.3 Å². The highest BCUT2D eigenvalue weighted by atomic mass is 16.5. The number of carbonyl (C=O) groups excluding carboxylic acids is 3. The molecule has 3 rings (SSSR count). The highest BCUT2D eigenvalue weighted by molar-refractivity contribution is 5.90. The second-order valence-electron chi connectivity index (χ2n) is 8.68. The van der Waals surface area contributed by atoms with Gasteiger partial charge in [0.05, 0.1) is 25.9 Å². The number of methoxy groups -OCH3 is 1. The van der Waals surface area contributed by atoms with Crippen LogP contribution in [0.25, 0.3) is 6.08 Å². The van der Waals surface area contributed by atoms with Gasteiger partial charge in [0.2, 0.25) is 0 Å². The molecule has 0 bridgehead atoms. The number of ether oxygens (including phenoxy) is 5. The minimum absolute atomic E-state index is 0.316. The molecular formula is C31H32O8. The Morgan fingerprint density at radius 3 is 2.08 bits per heavy atom. The number of esters is 3. The molecule has 0 atom stereocenters. The smallest absolute Gasteiger partial charge is 0.343 e. The lowest BCUT2D eigenvalue weighted by molar-refractivity contribution is -0.139. The van der Waals surface area contributed by atoms with Gasteiger partial charge in [-0.3, -0.25) is 0 Å². The molecule has 0 aromatic heterocycles. The van der Waals surface area contributed by atoms with Crippen molar-refractivity contribution in [1.29, 1.82) is 0 Å². The Bertz CT molecular complexity index is 1250. The second kappa shape index (κ2) is 15.0. The highest BCUT2D eigenvalue weighted by Crippen LogP contribution is 2.22. The molecule has 1 aliphatic carbocycles. The summed E-state index contributed by atoms with van der Waals surface area (Å²) in [6, 6.07) is 13.9. The van der Waals surface area contributed by atoms with Crippen molar-refractivity contribution in [3.8, 4) is 11.5 Å². The largest absolute Gasteiger partial charge is 0.497 e. The van der Waals surface area contributed by atoms with Crippen LogP contribution in [0.15, 0.2) is 90.4 Å². The topological polar surface area (TPSA) is 97.4 Å². The van der Waals surface area contributed by atoms with Crippen molar-refractivity contribution in [1.82, 2.24) is 0 Å². The average molecular weight is 533 g/mol. The van der Waals surface area contributed by atoms with Crippen molar-refractivity contribution in [3.05, 3.63) is 102 Å². The van der Waals surface area contributed by atoms with Gasteiger partial charge in [0.25, 0.3) is 0 Å². The Morgan fingerprint density at radius 2 is 1.46 bits per heavy atom. The molecule has 0 N–H and O–H groups in total. The van der Waals surface area contributed by atoms with Gasteiger partial charge in [-0.1, -0.05) is 18.7 Å². The zero-order valence-corrected chi connectivity index (χ0v) is 22.1. The number of hydrogen-bond acceptors (Lipinski definition) is 8. The number of carbonyl (C=O) groups is 3. The van der Waals surface area contributed by atoms with Crippen molar-refractivity contribution in [2.75, 3.05) is 20.3 Å². The van der Waals surface area contributed by atoms with E-state index >= 15 is 0 Å². The summed E-state index contributed by atoms with van der Waals surface area (Å²) in [5, 5.41) is 0. The van der Waals surface area contributed by atoms with Gasteiger partial charge < -0.3 is 23.7 Å². The van der Waals surface area contributed by atoms with E-state index in [4.69, 9.17) is 23.7 Å². The lowest BCUT2D eigenvalue weighted by atomic mass is 10.1. The van der Waals surface area contributed by atoms with E-state index < -0.39 is 17.9 Å². The van der Waals surface area contributed by atoms with Gasteiger partial charge in [0.15, 0.2) is 0 Å². The van der Waals surface area contributed by atoms with E-state index in [-0.39, 0.29) is 0 Å². The highest BCUT2D eigenvalue weighted by Gasteiger charge is 2.15. The molecule has 0 saturated carbocycles. The van der Waals surface area contributed by atoms with Crippen molar-refractivity contribution in [3.63, 3.8) is 0 Å². The van der Waals surface area contributed by atoms with Gasteiger partial charge in [-0.2, -0.15) is 0 Å². The third kappa shape index (κ3) is 10.0. The first kappa shape index (κ1) is 29.0. The fraction of sp³-hybridized carbons (Fsp3) is 0.258. The molecule has 0 radical (unpaired) electrons. The van der Waals surface area contributed by atoms with Gasteiger partial charge in [-0.25, -0.2) is 14.4 Å². The summed E-state index contributed by atoms with van der Waals surface area (Å²) in [7, 11) is 1.59. The molecule has 0 saturated heterocycles. The maximum atomic E-state index is 12.5. The Balaban J connectivity index is 1.39. The molecule has 0 aliphatic heterocycles. The molecule has 0 heterocycles. The maximum Gasteiger partial charge on any atom is 0.343 e. The normalized spacial score (nSPS) is 12.7. The minimum Gasteiger partial charge on any atom is -0.497 e. The monoisotopic (exact) mass is 532 g/mol. The van der Waals surface area contributed by atoms with Crippen LogP contribution in [0.2, 0.25) is 0 Å². The zero-order valence-electron chi connectivity index (χ0n) is 22.1. The standard InChI is InChI=1S/C31H32O8/c1-22(2)30(33)37-21-5-4-20-36-26-13-9-24(10-14-26)31(34)39-28-17-15-27(16-18-28)38-29(32)19-8-23-6-11-25(35-3)12-7-23/h6-15,17,19H,1,4-5,16,18,20-21H2,2-3H3/b19-8+. The molecule has 2 aromatic rings. The van der Waals surface area contributed by atoms with Crippen molar-refractivity contribution < 1.29 is 38.1 Å². The Kier molecular flexibility index (Phi) is 11.1. The van der Waals surface area contributed by atoms with Crippen LogP contribution in [-0.4, -0.2) is 38.2 Å². The summed E-state index contributed by atoms with van der Waals surface area (Å²) in [4.78, 5) is 36.0. The molecule has 0 unspecified atom stereocenters. The Morgan fingerprint density at radius 1 is 0.846 bits per heavy atom. The summed E-state index contributed by atoms with van der Waals surface area (Å²) in [5.41, 5.74) is 1.61. The average Bonchev–Trinajstić information content (AvgIpc) is 2.95. The van der Waals surface area contributed by atoms with E-state index in [1.807, 2.05) is 24.3 Å². The summed E-state index contributed by atoms with van der Waals surface area (Å²) in [6.07, 6.45) is 8.52. The van der Waals surface area contributed by atoms with E-state index in [2.05, 4.69) is 6.58 Å². The first-order valence-electron chi connectivity index (χ1n) is 12.6. The summed E-state index contributed by atoms with van der Waals surface area (Å²) < 4.78 is 26.7. The second-order valence-corrected chi connectivity index (χ2v) is 8.68. The Labute approximate surface area is 228 Å².